The Morgan fingerprint density at radius 3 is 2.55 bits per heavy atom. The van der Waals surface area contributed by atoms with Crippen LogP contribution in [0.2, 0.25) is 0 Å². The summed E-state index contributed by atoms with van der Waals surface area (Å²) < 4.78 is 5.27. The van der Waals surface area contributed by atoms with Gasteiger partial charge < -0.3 is 15.4 Å². The number of amides is 1. The summed E-state index contributed by atoms with van der Waals surface area (Å²) in [6.07, 6.45) is 1.54. The third-order valence-corrected chi connectivity index (χ3v) is 4.11. The van der Waals surface area contributed by atoms with Crippen LogP contribution in [0.1, 0.15) is 44.5 Å². The van der Waals surface area contributed by atoms with E-state index in [-0.39, 0.29) is 6.09 Å². The zero-order valence-electron chi connectivity index (χ0n) is 14.5. The molecule has 0 aromatic carbocycles. The van der Waals surface area contributed by atoms with Crippen molar-refractivity contribution in [1.29, 1.82) is 0 Å². The Balaban J connectivity index is 2.34. The molecular weight excluding hydrogens is 298 g/mol. The number of ether oxygens (including phenoxy) is 1. The predicted octanol–water partition coefficient (Wildman–Crippen LogP) is 3.34. The highest BCUT2D eigenvalue weighted by molar-refractivity contribution is 7.11. The number of carbonyl (C=O) groups excluding carboxylic acids is 1. The summed E-state index contributed by atoms with van der Waals surface area (Å²) in [6, 6.07) is 0. The zero-order valence-corrected chi connectivity index (χ0v) is 15.3. The normalized spacial score (nSPS) is 13.2. The first-order valence-corrected chi connectivity index (χ1v) is 8.58. The van der Waals surface area contributed by atoms with Crippen LogP contribution in [0.4, 0.5) is 4.79 Å². The first-order chi connectivity index (χ1) is 10.2. The van der Waals surface area contributed by atoms with Crippen LogP contribution in [0.25, 0.3) is 0 Å². The smallest absolute Gasteiger partial charge is 0.407 e. The lowest BCUT2D eigenvalue weighted by Crippen LogP contribution is -2.39. The second kappa shape index (κ2) is 8.48. The van der Waals surface area contributed by atoms with Gasteiger partial charge in [0.25, 0.3) is 0 Å². The lowest BCUT2D eigenvalue weighted by atomic mass is 9.96. The van der Waals surface area contributed by atoms with Crippen LogP contribution in [0, 0.1) is 18.8 Å². The number of nitrogens with zero attached hydrogens (tertiary/aromatic N) is 1. The lowest BCUT2D eigenvalue weighted by molar-refractivity contribution is 0.0515. The molecule has 0 fully saturated rings. The predicted molar refractivity (Wildman–Crippen MR) is 91.1 cm³/mol. The Morgan fingerprint density at radius 1 is 1.36 bits per heavy atom. The van der Waals surface area contributed by atoms with E-state index in [1.54, 1.807) is 11.3 Å². The maximum absolute atomic E-state index is 11.7. The number of alkyl carbamates (subject to hydrolysis) is 1. The fraction of sp³-hybridized carbons (Fsp3) is 0.750. The standard InChI is InChI=1S/C16H29N3O2S/c1-11(2)13(9-19-15(20)21-16(4,5)6)8-17-10-14-18-7-12(3)22-14/h7,11,13,17H,8-10H2,1-6H3,(H,19,20). The van der Waals surface area contributed by atoms with E-state index in [4.69, 9.17) is 4.74 Å². The molecule has 0 saturated carbocycles. The van der Waals surface area contributed by atoms with Crippen molar-refractivity contribution in [2.24, 2.45) is 11.8 Å². The van der Waals surface area contributed by atoms with Crippen LogP contribution < -0.4 is 10.6 Å². The molecule has 2 N–H and O–H groups in total. The molecule has 6 heteroatoms. The molecule has 0 saturated heterocycles. The SMILES string of the molecule is Cc1cnc(CNCC(CNC(=O)OC(C)(C)C)C(C)C)s1. The minimum absolute atomic E-state index is 0.353. The van der Waals surface area contributed by atoms with Crippen molar-refractivity contribution in [3.05, 3.63) is 16.1 Å². The Morgan fingerprint density at radius 2 is 2.05 bits per heavy atom. The highest BCUT2D eigenvalue weighted by atomic mass is 32.1. The van der Waals surface area contributed by atoms with E-state index in [9.17, 15) is 4.79 Å². The van der Waals surface area contributed by atoms with Gasteiger partial charge in [0.05, 0.1) is 0 Å². The molecule has 1 rings (SSSR count). The number of aromatic nitrogens is 1. The van der Waals surface area contributed by atoms with E-state index in [0.29, 0.717) is 18.4 Å². The average Bonchev–Trinajstić information content (AvgIpc) is 2.76. The van der Waals surface area contributed by atoms with Gasteiger partial charge in [-0.25, -0.2) is 9.78 Å². The second-order valence-electron chi connectivity index (χ2n) is 6.88. The summed E-state index contributed by atoms with van der Waals surface area (Å²) in [5.74, 6) is 0.828. The quantitative estimate of drug-likeness (QED) is 0.806. The Kier molecular flexibility index (Phi) is 7.29. The molecule has 1 aromatic heterocycles. The molecule has 0 spiro atoms. The summed E-state index contributed by atoms with van der Waals surface area (Å²) in [7, 11) is 0. The van der Waals surface area contributed by atoms with Crippen molar-refractivity contribution < 1.29 is 9.53 Å². The van der Waals surface area contributed by atoms with Gasteiger partial charge in [-0.15, -0.1) is 11.3 Å². The molecule has 22 heavy (non-hydrogen) atoms. The third kappa shape index (κ3) is 7.75. The second-order valence-corrected chi connectivity index (χ2v) is 8.20. The molecule has 1 amide bonds. The number of aryl methyl sites for hydroxylation is 1. The van der Waals surface area contributed by atoms with E-state index in [0.717, 1.165) is 18.1 Å². The molecule has 1 aromatic rings. The molecule has 1 atom stereocenters. The topological polar surface area (TPSA) is 63.2 Å². The molecular formula is C16H29N3O2S. The highest BCUT2D eigenvalue weighted by Gasteiger charge is 2.19. The number of rotatable bonds is 7. The highest BCUT2D eigenvalue weighted by Crippen LogP contribution is 2.13. The van der Waals surface area contributed by atoms with E-state index in [1.165, 1.54) is 4.88 Å². The van der Waals surface area contributed by atoms with Gasteiger partial charge in [0.1, 0.15) is 10.6 Å². The number of hydrogen-bond acceptors (Lipinski definition) is 5. The molecule has 0 aliphatic heterocycles. The Bertz CT molecular complexity index is 466. The van der Waals surface area contributed by atoms with Crippen molar-refractivity contribution >= 4 is 17.4 Å². The zero-order chi connectivity index (χ0) is 16.8. The van der Waals surface area contributed by atoms with Crippen molar-refractivity contribution in [1.82, 2.24) is 15.6 Å². The molecule has 1 unspecified atom stereocenters. The van der Waals surface area contributed by atoms with Crippen LogP contribution in [0.5, 0.6) is 0 Å². The first kappa shape index (κ1) is 18.9. The van der Waals surface area contributed by atoms with Gasteiger partial charge in [0.15, 0.2) is 0 Å². The molecule has 0 radical (unpaired) electrons. The van der Waals surface area contributed by atoms with Gasteiger partial charge in [0, 0.05) is 30.7 Å². The first-order valence-electron chi connectivity index (χ1n) is 7.76. The van der Waals surface area contributed by atoms with E-state index >= 15 is 0 Å². The monoisotopic (exact) mass is 327 g/mol. The summed E-state index contributed by atoms with van der Waals surface area (Å²) >= 11 is 1.71. The van der Waals surface area contributed by atoms with Crippen LogP contribution >= 0.6 is 11.3 Å². The third-order valence-electron chi connectivity index (χ3n) is 3.20. The van der Waals surface area contributed by atoms with Crippen LogP contribution in [0.3, 0.4) is 0 Å². The van der Waals surface area contributed by atoms with Crippen molar-refractivity contribution in [3.8, 4) is 0 Å². The molecule has 0 aliphatic carbocycles. The number of nitrogens with one attached hydrogen (secondary N) is 2. The molecule has 1 heterocycles. The van der Waals surface area contributed by atoms with Crippen LogP contribution in [-0.4, -0.2) is 29.8 Å². The number of carbonyl (C=O) groups is 1. The minimum atomic E-state index is -0.460. The molecule has 0 aliphatic rings. The largest absolute Gasteiger partial charge is 0.444 e. The van der Waals surface area contributed by atoms with Crippen molar-refractivity contribution in [2.75, 3.05) is 13.1 Å². The average molecular weight is 327 g/mol. The number of thiazole rings is 1. The van der Waals surface area contributed by atoms with Crippen molar-refractivity contribution in [3.63, 3.8) is 0 Å². The van der Waals surface area contributed by atoms with Crippen LogP contribution in [-0.2, 0) is 11.3 Å². The van der Waals surface area contributed by atoms with Gasteiger partial charge in [0.2, 0.25) is 0 Å². The lowest BCUT2D eigenvalue weighted by Gasteiger charge is -2.24. The minimum Gasteiger partial charge on any atom is -0.444 e. The number of hydrogen-bond donors (Lipinski definition) is 2. The summed E-state index contributed by atoms with van der Waals surface area (Å²) in [4.78, 5) is 17.3. The maximum atomic E-state index is 11.7. The van der Waals surface area contributed by atoms with Gasteiger partial charge in [-0.3, -0.25) is 0 Å². The Labute approximate surface area is 137 Å². The van der Waals surface area contributed by atoms with Crippen molar-refractivity contribution in [2.45, 2.75) is 53.7 Å². The van der Waals surface area contributed by atoms with Crippen LogP contribution in [0.15, 0.2) is 6.20 Å². The fourth-order valence-electron chi connectivity index (χ4n) is 1.92. The van der Waals surface area contributed by atoms with Gasteiger partial charge >= 0.3 is 6.09 Å². The molecule has 5 nitrogen and oxygen atoms in total. The molecule has 126 valence electrons. The maximum Gasteiger partial charge on any atom is 0.407 e. The van der Waals surface area contributed by atoms with Gasteiger partial charge in [-0.05, 0) is 39.5 Å². The fourth-order valence-corrected chi connectivity index (χ4v) is 2.68. The summed E-state index contributed by atoms with van der Waals surface area (Å²) in [5, 5.41) is 7.38. The van der Waals surface area contributed by atoms with Gasteiger partial charge in [-0.1, -0.05) is 13.8 Å². The van der Waals surface area contributed by atoms with E-state index in [2.05, 4.69) is 36.4 Å². The van der Waals surface area contributed by atoms with E-state index in [1.807, 2.05) is 27.0 Å². The Hall–Kier alpha value is -1.14. The summed E-state index contributed by atoms with van der Waals surface area (Å²) in [5.41, 5.74) is -0.460. The van der Waals surface area contributed by atoms with E-state index < -0.39 is 5.60 Å². The van der Waals surface area contributed by atoms with Gasteiger partial charge in [-0.2, -0.15) is 0 Å². The summed E-state index contributed by atoms with van der Waals surface area (Å²) in [6.45, 7) is 14.2. The molecule has 0 bridgehead atoms.